The van der Waals surface area contributed by atoms with Crippen molar-refractivity contribution in [2.75, 3.05) is 0 Å². The molecule has 1 radical (unpaired) electrons. The summed E-state index contributed by atoms with van der Waals surface area (Å²) in [6.07, 6.45) is 0.837. The van der Waals surface area contributed by atoms with E-state index in [1.54, 1.807) is 22.8 Å². The van der Waals surface area contributed by atoms with Gasteiger partial charge in [-0.25, -0.2) is 4.98 Å². The Morgan fingerprint density at radius 2 is 2.04 bits per heavy atom. The topological polar surface area (TPSA) is 72.2 Å². The van der Waals surface area contributed by atoms with Crippen LogP contribution in [0.15, 0.2) is 35.1 Å². The van der Waals surface area contributed by atoms with Crippen LogP contribution in [0.3, 0.4) is 0 Å². The summed E-state index contributed by atoms with van der Waals surface area (Å²) in [5.41, 5.74) is 4.61. The van der Waals surface area contributed by atoms with Gasteiger partial charge in [0.2, 0.25) is 0 Å². The van der Waals surface area contributed by atoms with Gasteiger partial charge in [-0.3, -0.25) is 9.59 Å². The molecule has 25 heavy (non-hydrogen) atoms. The zero-order valence-corrected chi connectivity index (χ0v) is 13.7. The van der Waals surface area contributed by atoms with Gasteiger partial charge in [-0.2, -0.15) is 0 Å². The molecule has 0 amide bonds. The maximum Gasteiger partial charge on any atom is 0.255 e. The van der Waals surface area contributed by atoms with E-state index < -0.39 is 0 Å². The number of hydrogen-bond acceptors (Lipinski definition) is 4. The van der Waals surface area contributed by atoms with Crippen LogP contribution < -0.4 is 5.56 Å². The SMILES string of the molecule is CC[C]1C(=O)Cc2c1cc1n(c2=O)Cc2cc3cc(O)ccc3nc2-1. The minimum Gasteiger partial charge on any atom is -0.508 e. The number of phenolic OH excluding ortho intramolecular Hbond substituents is 1. The molecule has 0 spiro atoms. The number of aromatic nitrogens is 2. The molecule has 0 fully saturated rings. The minimum absolute atomic E-state index is 0.0565. The molecule has 2 aliphatic rings. The summed E-state index contributed by atoms with van der Waals surface area (Å²) < 4.78 is 1.71. The lowest BCUT2D eigenvalue weighted by molar-refractivity contribution is -0.115. The summed E-state index contributed by atoms with van der Waals surface area (Å²) in [6.45, 7) is 2.39. The maximum atomic E-state index is 12.9. The van der Waals surface area contributed by atoms with Crippen LogP contribution in [-0.4, -0.2) is 20.4 Å². The molecule has 1 aliphatic carbocycles. The van der Waals surface area contributed by atoms with Gasteiger partial charge in [-0.05, 0) is 42.3 Å². The molecule has 0 atom stereocenters. The summed E-state index contributed by atoms with van der Waals surface area (Å²) in [5, 5.41) is 10.5. The standard InChI is InChI=1S/C20H15N2O3/c1-2-13-14-7-17-19-11(5-10-6-12(23)3-4-16(10)21-19)9-22(17)20(25)15(14)8-18(13)24/h3-7,23H,2,8-9H2,1H3. The highest BCUT2D eigenvalue weighted by molar-refractivity contribution is 6.02. The molecule has 5 rings (SSSR count). The first-order chi connectivity index (χ1) is 12.1. The fraction of sp³-hybridized carbons (Fsp3) is 0.200. The lowest BCUT2D eigenvalue weighted by atomic mass is 9.97. The number of pyridine rings is 2. The van der Waals surface area contributed by atoms with Gasteiger partial charge in [-0.1, -0.05) is 6.92 Å². The third kappa shape index (κ3) is 1.86. The average Bonchev–Trinajstić information content (AvgIpc) is 3.10. The van der Waals surface area contributed by atoms with E-state index in [1.165, 1.54) is 0 Å². The highest BCUT2D eigenvalue weighted by Crippen LogP contribution is 2.37. The number of rotatable bonds is 1. The second-order valence-corrected chi connectivity index (χ2v) is 6.62. The lowest BCUT2D eigenvalue weighted by Crippen LogP contribution is -2.23. The van der Waals surface area contributed by atoms with Crippen molar-refractivity contribution in [1.29, 1.82) is 0 Å². The fourth-order valence-corrected chi connectivity index (χ4v) is 4.01. The fourth-order valence-electron chi connectivity index (χ4n) is 4.01. The van der Waals surface area contributed by atoms with E-state index in [0.717, 1.165) is 39.3 Å². The van der Waals surface area contributed by atoms with Crippen LogP contribution in [0.5, 0.6) is 5.75 Å². The molecule has 0 saturated heterocycles. The van der Waals surface area contributed by atoms with Gasteiger partial charge < -0.3 is 9.67 Å². The molecule has 0 bridgehead atoms. The molecule has 5 nitrogen and oxygen atoms in total. The summed E-state index contributed by atoms with van der Waals surface area (Å²) in [5.74, 6) is 0.998. The Hall–Kier alpha value is -2.95. The van der Waals surface area contributed by atoms with Gasteiger partial charge in [0.15, 0.2) is 0 Å². The third-order valence-corrected chi connectivity index (χ3v) is 5.20. The monoisotopic (exact) mass is 331 g/mol. The molecule has 1 N–H and O–H groups in total. The summed E-state index contributed by atoms with van der Waals surface area (Å²) in [7, 11) is 0. The number of ketones is 1. The molecular weight excluding hydrogens is 316 g/mol. The van der Waals surface area contributed by atoms with Crippen molar-refractivity contribution >= 4 is 16.7 Å². The van der Waals surface area contributed by atoms with Crippen molar-refractivity contribution in [3.8, 4) is 17.1 Å². The highest BCUT2D eigenvalue weighted by atomic mass is 16.3. The molecule has 0 unspecified atom stereocenters. The van der Waals surface area contributed by atoms with E-state index in [2.05, 4.69) is 0 Å². The Labute approximate surface area is 143 Å². The number of aromatic hydroxyl groups is 1. The normalized spacial score (nSPS) is 15.5. The predicted octanol–water partition coefficient (Wildman–Crippen LogP) is 2.59. The lowest BCUT2D eigenvalue weighted by Gasteiger charge is -2.10. The van der Waals surface area contributed by atoms with Gasteiger partial charge in [0, 0.05) is 22.9 Å². The second kappa shape index (κ2) is 4.79. The summed E-state index contributed by atoms with van der Waals surface area (Å²) in [6, 6.07) is 8.98. The van der Waals surface area contributed by atoms with E-state index in [4.69, 9.17) is 4.98 Å². The zero-order chi connectivity index (χ0) is 17.3. The Balaban J connectivity index is 1.78. The van der Waals surface area contributed by atoms with E-state index in [-0.39, 0.29) is 23.5 Å². The average molecular weight is 331 g/mol. The van der Waals surface area contributed by atoms with Crippen LogP contribution in [-0.2, 0) is 17.8 Å². The second-order valence-electron chi connectivity index (χ2n) is 6.62. The molecule has 3 aromatic rings. The first-order valence-electron chi connectivity index (χ1n) is 8.36. The van der Waals surface area contributed by atoms with Crippen LogP contribution in [0.4, 0.5) is 0 Å². The molecule has 123 valence electrons. The van der Waals surface area contributed by atoms with Crippen LogP contribution in [0.25, 0.3) is 22.3 Å². The first kappa shape index (κ1) is 14.4. The van der Waals surface area contributed by atoms with Gasteiger partial charge in [0.25, 0.3) is 5.56 Å². The Morgan fingerprint density at radius 1 is 1.20 bits per heavy atom. The van der Waals surface area contributed by atoms with Crippen molar-refractivity contribution in [1.82, 2.24) is 9.55 Å². The van der Waals surface area contributed by atoms with E-state index in [0.29, 0.717) is 18.5 Å². The minimum atomic E-state index is -0.0887. The maximum absolute atomic E-state index is 12.9. The van der Waals surface area contributed by atoms with Crippen molar-refractivity contribution < 1.29 is 9.90 Å². The largest absolute Gasteiger partial charge is 0.508 e. The van der Waals surface area contributed by atoms with E-state index in [9.17, 15) is 14.7 Å². The Kier molecular flexibility index (Phi) is 2.76. The third-order valence-electron chi connectivity index (χ3n) is 5.20. The number of fused-ring (bicyclic) bond motifs is 5. The molecule has 2 aromatic heterocycles. The van der Waals surface area contributed by atoms with Crippen molar-refractivity contribution in [2.45, 2.75) is 26.3 Å². The number of phenols is 1. The Bertz CT molecular complexity index is 1140. The van der Waals surface area contributed by atoms with Crippen molar-refractivity contribution in [2.24, 2.45) is 0 Å². The summed E-state index contributed by atoms with van der Waals surface area (Å²) >= 11 is 0. The van der Waals surface area contributed by atoms with Gasteiger partial charge in [-0.15, -0.1) is 0 Å². The molecular formula is C20H15N2O3. The van der Waals surface area contributed by atoms with Crippen LogP contribution in [0, 0.1) is 5.92 Å². The van der Waals surface area contributed by atoms with Crippen molar-refractivity contribution in [3.63, 3.8) is 0 Å². The zero-order valence-electron chi connectivity index (χ0n) is 13.7. The van der Waals surface area contributed by atoms with Crippen LogP contribution in [0.1, 0.15) is 30.0 Å². The smallest absolute Gasteiger partial charge is 0.255 e. The van der Waals surface area contributed by atoms with Crippen molar-refractivity contribution in [3.05, 3.63) is 63.3 Å². The first-order valence-corrected chi connectivity index (χ1v) is 8.36. The molecule has 1 aliphatic heterocycles. The van der Waals surface area contributed by atoms with Gasteiger partial charge in [0.1, 0.15) is 11.5 Å². The van der Waals surface area contributed by atoms with E-state index in [1.807, 2.05) is 19.1 Å². The Morgan fingerprint density at radius 3 is 2.84 bits per heavy atom. The van der Waals surface area contributed by atoms with Crippen LogP contribution >= 0.6 is 0 Å². The predicted molar refractivity (Wildman–Crippen MR) is 93.6 cm³/mol. The molecule has 5 heteroatoms. The van der Waals surface area contributed by atoms with Gasteiger partial charge >= 0.3 is 0 Å². The number of carbonyl (C=O) groups is 1. The molecule has 0 saturated carbocycles. The number of benzene rings is 1. The number of hydrogen-bond donors (Lipinski definition) is 1. The van der Waals surface area contributed by atoms with Crippen LogP contribution in [0.2, 0.25) is 0 Å². The molecule has 1 aromatic carbocycles. The quantitative estimate of drug-likeness (QED) is 0.582. The molecule has 3 heterocycles. The summed E-state index contributed by atoms with van der Waals surface area (Å²) in [4.78, 5) is 29.8. The number of carbonyl (C=O) groups excluding carboxylic acids is 1. The highest BCUT2D eigenvalue weighted by Gasteiger charge is 2.35. The van der Waals surface area contributed by atoms with E-state index >= 15 is 0 Å². The number of Topliss-reactive ketones (excluding diaryl/α,β-unsaturated/α-hetero) is 1. The number of nitrogens with zero attached hydrogens (tertiary/aromatic N) is 2. The van der Waals surface area contributed by atoms with Gasteiger partial charge in [0.05, 0.1) is 29.4 Å².